The molecule has 6 nitrogen and oxygen atoms in total. The van der Waals surface area contributed by atoms with Crippen molar-refractivity contribution in [3.8, 4) is 5.88 Å². The minimum absolute atomic E-state index is 0.351. The maximum Gasteiger partial charge on any atom is 0.352 e. The molecule has 2 rings (SSSR count). The minimum Gasteiger partial charge on any atom is -0.476 e. The molecule has 0 bridgehead atoms. The van der Waals surface area contributed by atoms with E-state index in [4.69, 9.17) is 4.74 Å². The first kappa shape index (κ1) is 10.7. The summed E-state index contributed by atoms with van der Waals surface area (Å²) in [6, 6.07) is 0. The van der Waals surface area contributed by atoms with E-state index in [0.29, 0.717) is 18.1 Å². The van der Waals surface area contributed by atoms with Crippen LogP contribution in [0.4, 0.5) is 0 Å². The molecule has 0 aliphatic heterocycles. The molecule has 16 heavy (non-hydrogen) atoms. The fraction of sp³-hybridized carbons (Fsp3) is 0.500. The summed E-state index contributed by atoms with van der Waals surface area (Å²) in [5.41, 5.74) is 0.999. The van der Waals surface area contributed by atoms with Crippen LogP contribution in [0, 0.1) is 6.92 Å². The maximum atomic E-state index is 11.6. The Kier molecular flexibility index (Phi) is 2.41. The zero-order valence-corrected chi connectivity index (χ0v) is 9.81. The Morgan fingerprint density at radius 2 is 1.94 bits per heavy atom. The fourth-order valence-electron chi connectivity index (χ4n) is 1.61. The molecule has 0 fully saturated rings. The number of hydrogen-bond donors (Lipinski definition) is 0. The fourth-order valence-corrected chi connectivity index (χ4v) is 1.61. The summed E-state index contributed by atoms with van der Waals surface area (Å²) >= 11 is 0. The first-order valence-electron chi connectivity index (χ1n) is 5.09. The number of imidazole rings is 1. The average Bonchev–Trinajstić information content (AvgIpc) is 2.53. The van der Waals surface area contributed by atoms with Gasteiger partial charge in [-0.3, -0.25) is 4.57 Å². The third kappa shape index (κ3) is 1.37. The monoisotopic (exact) mass is 222 g/mol. The third-order valence-electron chi connectivity index (χ3n) is 2.59. The van der Waals surface area contributed by atoms with Crippen LogP contribution in [0.1, 0.15) is 12.7 Å². The van der Waals surface area contributed by atoms with Gasteiger partial charge in [0.2, 0.25) is 5.88 Å². The quantitative estimate of drug-likeness (QED) is 0.736. The van der Waals surface area contributed by atoms with Crippen molar-refractivity contribution < 1.29 is 4.74 Å². The molecule has 0 amide bonds. The number of fused-ring (bicyclic) bond motifs is 1. The van der Waals surface area contributed by atoms with Crippen LogP contribution in [-0.4, -0.2) is 25.7 Å². The Morgan fingerprint density at radius 3 is 2.56 bits per heavy atom. The second-order valence-electron chi connectivity index (χ2n) is 3.58. The van der Waals surface area contributed by atoms with E-state index in [2.05, 4.69) is 9.97 Å². The lowest BCUT2D eigenvalue weighted by atomic mass is 10.5. The molecule has 2 aromatic rings. The van der Waals surface area contributed by atoms with Gasteiger partial charge in [-0.2, -0.15) is 4.98 Å². The Labute approximate surface area is 92.5 Å². The van der Waals surface area contributed by atoms with E-state index < -0.39 is 0 Å². The van der Waals surface area contributed by atoms with Gasteiger partial charge in [-0.15, -0.1) is 0 Å². The molecule has 0 aliphatic rings. The van der Waals surface area contributed by atoms with Crippen LogP contribution < -0.4 is 10.4 Å². The van der Waals surface area contributed by atoms with Crippen LogP contribution >= 0.6 is 0 Å². The van der Waals surface area contributed by atoms with Crippen molar-refractivity contribution in [2.75, 3.05) is 6.61 Å². The Hall–Kier alpha value is -1.85. The van der Waals surface area contributed by atoms with E-state index in [0.717, 1.165) is 11.3 Å². The zero-order valence-electron chi connectivity index (χ0n) is 9.81. The van der Waals surface area contributed by atoms with Gasteiger partial charge in [0.1, 0.15) is 11.3 Å². The van der Waals surface area contributed by atoms with Crippen LogP contribution in [0.2, 0.25) is 0 Å². The molecule has 6 heteroatoms. The van der Waals surface area contributed by atoms with E-state index in [1.54, 1.807) is 7.05 Å². The predicted octanol–water partition coefficient (Wildman–Crippen LogP) is 0.374. The molecule has 0 spiro atoms. The van der Waals surface area contributed by atoms with Crippen LogP contribution in [0.15, 0.2) is 4.79 Å². The molecule has 0 aromatic carbocycles. The van der Waals surface area contributed by atoms with Crippen molar-refractivity contribution in [2.24, 2.45) is 14.1 Å². The molecule has 0 atom stereocenters. The van der Waals surface area contributed by atoms with E-state index >= 15 is 0 Å². The summed E-state index contributed by atoms with van der Waals surface area (Å²) in [5.74, 6) is 1.17. The normalized spacial score (nSPS) is 11.0. The van der Waals surface area contributed by atoms with Crippen molar-refractivity contribution >= 4 is 11.2 Å². The molecule has 2 heterocycles. The molecule has 0 aliphatic carbocycles. The largest absolute Gasteiger partial charge is 0.476 e. The third-order valence-corrected chi connectivity index (χ3v) is 2.59. The smallest absolute Gasteiger partial charge is 0.352 e. The van der Waals surface area contributed by atoms with Crippen molar-refractivity contribution in [1.29, 1.82) is 0 Å². The van der Waals surface area contributed by atoms with E-state index in [1.165, 1.54) is 4.57 Å². The number of nitrogens with zero attached hydrogens (tertiary/aromatic N) is 4. The molecule has 2 aromatic heterocycles. The molecule has 0 saturated heterocycles. The first-order chi connectivity index (χ1) is 7.56. The summed E-state index contributed by atoms with van der Waals surface area (Å²) in [5, 5.41) is 0. The standard InChI is InChI=1S/C10H14N4O2/c1-5-16-9-7-8(11-6(2)13(7)3)14(4)10(15)12-9/h5H2,1-4H3. The highest BCUT2D eigenvalue weighted by Gasteiger charge is 2.15. The summed E-state index contributed by atoms with van der Waals surface area (Å²) in [6.07, 6.45) is 0. The van der Waals surface area contributed by atoms with E-state index in [1.807, 2.05) is 25.5 Å². The van der Waals surface area contributed by atoms with E-state index in [9.17, 15) is 4.79 Å². The Bertz CT molecular complexity index is 597. The molecular weight excluding hydrogens is 208 g/mol. The number of hydrogen-bond acceptors (Lipinski definition) is 4. The van der Waals surface area contributed by atoms with Gasteiger partial charge in [0.05, 0.1) is 6.61 Å². The van der Waals surface area contributed by atoms with Crippen LogP contribution in [0.5, 0.6) is 5.88 Å². The van der Waals surface area contributed by atoms with E-state index in [-0.39, 0.29) is 5.69 Å². The lowest BCUT2D eigenvalue weighted by molar-refractivity contribution is 0.327. The van der Waals surface area contributed by atoms with Gasteiger partial charge >= 0.3 is 5.69 Å². The zero-order chi connectivity index (χ0) is 11.9. The van der Waals surface area contributed by atoms with Crippen molar-refractivity contribution in [2.45, 2.75) is 13.8 Å². The Balaban J connectivity index is 2.90. The van der Waals surface area contributed by atoms with Crippen molar-refractivity contribution in [3.05, 3.63) is 16.3 Å². The van der Waals surface area contributed by atoms with Gasteiger partial charge in [-0.05, 0) is 13.8 Å². The highest BCUT2D eigenvalue weighted by atomic mass is 16.5. The van der Waals surface area contributed by atoms with Crippen LogP contribution in [0.25, 0.3) is 11.2 Å². The van der Waals surface area contributed by atoms with Crippen LogP contribution in [-0.2, 0) is 14.1 Å². The van der Waals surface area contributed by atoms with Gasteiger partial charge in [0, 0.05) is 14.1 Å². The molecule has 0 N–H and O–H groups in total. The number of ether oxygens (including phenoxy) is 1. The maximum absolute atomic E-state index is 11.6. The molecule has 0 unspecified atom stereocenters. The summed E-state index contributed by atoms with van der Waals surface area (Å²) in [4.78, 5) is 19.8. The number of aromatic nitrogens is 4. The first-order valence-corrected chi connectivity index (χ1v) is 5.09. The molecule has 86 valence electrons. The lowest BCUT2D eigenvalue weighted by Crippen LogP contribution is -2.21. The second kappa shape index (κ2) is 3.62. The van der Waals surface area contributed by atoms with Gasteiger partial charge in [-0.25, -0.2) is 9.78 Å². The second-order valence-corrected chi connectivity index (χ2v) is 3.58. The number of rotatable bonds is 2. The van der Waals surface area contributed by atoms with Gasteiger partial charge in [-0.1, -0.05) is 0 Å². The lowest BCUT2D eigenvalue weighted by Gasteiger charge is -2.06. The van der Waals surface area contributed by atoms with Crippen molar-refractivity contribution in [1.82, 2.24) is 19.1 Å². The highest BCUT2D eigenvalue weighted by molar-refractivity contribution is 5.77. The van der Waals surface area contributed by atoms with Gasteiger partial charge in [0.25, 0.3) is 0 Å². The van der Waals surface area contributed by atoms with Gasteiger partial charge in [0.15, 0.2) is 5.65 Å². The Morgan fingerprint density at radius 1 is 1.25 bits per heavy atom. The number of aryl methyl sites for hydroxylation is 3. The summed E-state index contributed by atoms with van der Waals surface area (Å²) in [6.45, 7) is 4.20. The summed E-state index contributed by atoms with van der Waals surface area (Å²) in [7, 11) is 3.53. The van der Waals surface area contributed by atoms with Crippen LogP contribution in [0.3, 0.4) is 0 Å². The highest BCUT2D eigenvalue weighted by Crippen LogP contribution is 2.21. The van der Waals surface area contributed by atoms with Gasteiger partial charge < -0.3 is 9.30 Å². The predicted molar refractivity (Wildman–Crippen MR) is 59.7 cm³/mol. The summed E-state index contributed by atoms with van der Waals surface area (Å²) < 4.78 is 8.65. The average molecular weight is 222 g/mol. The SMILES string of the molecule is CCOc1nc(=O)n(C)c2nc(C)n(C)c12. The topological polar surface area (TPSA) is 61.9 Å². The molecule has 0 saturated carbocycles. The minimum atomic E-state index is -0.353. The van der Waals surface area contributed by atoms with Crippen molar-refractivity contribution in [3.63, 3.8) is 0 Å². The molecular formula is C10H14N4O2. The molecule has 0 radical (unpaired) electrons.